The molecule has 1 aromatic carbocycles. The smallest absolute Gasteiger partial charge is 0.298 e. The van der Waals surface area contributed by atoms with Crippen molar-refractivity contribution >= 4 is 23.0 Å². The van der Waals surface area contributed by atoms with Crippen molar-refractivity contribution in [3.05, 3.63) is 24.3 Å². The third-order valence-corrected chi connectivity index (χ3v) is 4.04. The van der Waals surface area contributed by atoms with Crippen LogP contribution in [0.15, 0.2) is 28.7 Å². The van der Waals surface area contributed by atoms with Gasteiger partial charge >= 0.3 is 0 Å². The molecule has 1 aliphatic heterocycles. The number of oxazole rings is 1. The van der Waals surface area contributed by atoms with Gasteiger partial charge in [0.25, 0.3) is 6.01 Å². The number of nitrogens with zero attached hydrogens (tertiary/aromatic N) is 2. The number of fused-ring (bicyclic) bond motifs is 1. The van der Waals surface area contributed by atoms with Crippen LogP contribution in [0.25, 0.3) is 11.1 Å². The number of benzene rings is 1. The van der Waals surface area contributed by atoms with Gasteiger partial charge in [-0.3, -0.25) is 4.79 Å². The monoisotopic (exact) mass is 287 g/mol. The molecule has 2 heterocycles. The van der Waals surface area contributed by atoms with Gasteiger partial charge in [-0.2, -0.15) is 4.98 Å². The standard InChI is InChI=1S/C16H21N3O2/c1-3-6-12-9-19(10-14(12)17-11(2)20)16-18-13-7-4-5-8-15(13)21-16/h4-5,7-8,12,14H,3,6,9-10H2,1-2H3,(H,17,20)/t12-,14-/m1/s1. The van der Waals surface area contributed by atoms with Gasteiger partial charge in [0, 0.05) is 20.0 Å². The third kappa shape index (κ3) is 2.86. The Morgan fingerprint density at radius 3 is 2.95 bits per heavy atom. The summed E-state index contributed by atoms with van der Waals surface area (Å²) < 4.78 is 5.83. The van der Waals surface area contributed by atoms with E-state index in [9.17, 15) is 4.79 Å². The molecular weight excluding hydrogens is 266 g/mol. The van der Waals surface area contributed by atoms with E-state index in [1.165, 1.54) is 0 Å². The van der Waals surface area contributed by atoms with Gasteiger partial charge in [-0.1, -0.05) is 25.5 Å². The van der Waals surface area contributed by atoms with E-state index in [4.69, 9.17) is 4.42 Å². The predicted molar refractivity (Wildman–Crippen MR) is 82.2 cm³/mol. The highest BCUT2D eigenvalue weighted by molar-refractivity contribution is 5.75. The summed E-state index contributed by atoms with van der Waals surface area (Å²) in [6, 6.07) is 8.62. The summed E-state index contributed by atoms with van der Waals surface area (Å²) in [6.07, 6.45) is 2.21. The molecule has 0 bridgehead atoms. The van der Waals surface area contributed by atoms with Crippen molar-refractivity contribution in [1.29, 1.82) is 0 Å². The highest BCUT2D eigenvalue weighted by atomic mass is 16.4. The van der Waals surface area contributed by atoms with Crippen molar-refractivity contribution in [2.24, 2.45) is 5.92 Å². The van der Waals surface area contributed by atoms with E-state index < -0.39 is 0 Å². The van der Waals surface area contributed by atoms with E-state index in [2.05, 4.69) is 22.1 Å². The van der Waals surface area contributed by atoms with Gasteiger partial charge in [0.15, 0.2) is 5.58 Å². The minimum absolute atomic E-state index is 0.0283. The van der Waals surface area contributed by atoms with Crippen LogP contribution in [-0.2, 0) is 4.79 Å². The fraction of sp³-hybridized carbons (Fsp3) is 0.500. The molecule has 5 heteroatoms. The first-order valence-electron chi connectivity index (χ1n) is 7.55. The number of nitrogens with one attached hydrogen (secondary N) is 1. The topological polar surface area (TPSA) is 58.4 Å². The largest absolute Gasteiger partial charge is 0.423 e. The number of anilines is 1. The van der Waals surface area contributed by atoms with Crippen molar-refractivity contribution in [3.63, 3.8) is 0 Å². The average molecular weight is 287 g/mol. The van der Waals surface area contributed by atoms with Gasteiger partial charge in [0.1, 0.15) is 5.52 Å². The van der Waals surface area contributed by atoms with Gasteiger partial charge in [-0.25, -0.2) is 0 Å². The quantitative estimate of drug-likeness (QED) is 0.939. The van der Waals surface area contributed by atoms with Crippen molar-refractivity contribution in [2.45, 2.75) is 32.7 Å². The SMILES string of the molecule is CCC[C@@H]1CN(c2nc3ccccc3o2)C[C@H]1NC(C)=O. The molecule has 2 atom stereocenters. The van der Waals surface area contributed by atoms with Crippen LogP contribution in [0.1, 0.15) is 26.7 Å². The van der Waals surface area contributed by atoms with Gasteiger partial charge in [0.2, 0.25) is 5.91 Å². The zero-order valence-corrected chi connectivity index (χ0v) is 12.5. The molecule has 3 rings (SSSR count). The lowest BCUT2D eigenvalue weighted by atomic mass is 9.98. The minimum atomic E-state index is 0.0283. The number of aromatic nitrogens is 1. The number of hydrogen-bond acceptors (Lipinski definition) is 4. The minimum Gasteiger partial charge on any atom is -0.423 e. The summed E-state index contributed by atoms with van der Waals surface area (Å²) in [6.45, 7) is 5.39. The molecule has 1 saturated heterocycles. The first-order valence-corrected chi connectivity index (χ1v) is 7.55. The first-order chi connectivity index (χ1) is 10.2. The van der Waals surface area contributed by atoms with Gasteiger partial charge < -0.3 is 14.6 Å². The molecular formula is C16H21N3O2. The van der Waals surface area contributed by atoms with Crippen LogP contribution in [0, 0.1) is 5.92 Å². The lowest BCUT2D eigenvalue weighted by Gasteiger charge is -2.17. The van der Waals surface area contributed by atoms with E-state index in [1.54, 1.807) is 6.92 Å². The Morgan fingerprint density at radius 1 is 1.43 bits per heavy atom. The zero-order chi connectivity index (χ0) is 14.8. The van der Waals surface area contributed by atoms with Gasteiger partial charge in [0.05, 0.1) is 6.04 Å². The molecule has 1 aliphatic rings. The first kappa shape index (κ1) is 13.9. The van der Waals surface area contributed by atoms with E-state index in [-0.39, 0.29) is 11.9 Å². The average Bonchev–Trinajstić information content (AvgIpc) is 3.03. The molecule has 1 amide bonds. The lowest BCUT2D eigenvalue weighted by molar-refractivity contribution is -0.119. The molecule has 0 unspecified atom stereocenters. The highest BCUT2D eigenvalue weighted by Gasteiger charge is 2.34. The Labute approximate surface area is 124 Å². The summed E-state index contributed by atoms with van der Waals surface area (Å²) in [7, 11) is 0. The summed E-state index contributed by atoms with van der Waals surface area (Å²) in [5, 5.41) is 3.06. The third-order valence-electron chi connectivity index (χ3n) is 4.04. The van der Waals surface area contributed by atoms with E-state index in [0.717, 1.165) is 37.0 Å². The molecule has 21 heavy (non-hydrogen) atoms. The fourth-order valence-electron chi connectivity index (χ4n) is 3.11. The molecule has 2 aromatic rings. The van der Waals surface area contributed by atoms with Crippen LogP contribution in [-0.4, -0.2) is 30.0 Å². The molecule has 1 fully saturated rings. The van der Waals surface area contributed by atoms with E-state index in [1.807, 2.05) is 24.3 Å². The Morgan fingerprint density at radius 2 is 2.24 bits per heavy atom. The summed E-state index contributed by atoms with van der Waals surface area (Å²) in [4.78, 5) is 18.1. The Balaban J connectivity index is 1.80. The maximum Gasteiger partial charge on any atom is 0.298 e. The van der Waals surface area contributed by atoms with Crippen LogP contribution in [0.5, 0.6) is 0 Å². The number of amides is 1. The fourth-order valence-corrected chi connectivity index (χ4v) is 3.11. The molecule has 0 spiro atoms. The summed E-state index contributed by atoms with van der Waals surface area (Å²) in [5.74, 6) is 0.481. The molecule has 5 nitrogen and oxygen atoms in total. The van der Waals surface area contributed by atoms with Crippen molar-refractivity contribution in [2.75, 3.05) is 18.0 Å². The van der Waals surface area contributed by atoms with Crippen molar-refractivity contribution in [1.82, 2.24) is 10.3 Å². The zero-order valence-electron chi connectivity index (χ0n) is 12.5. The molecule has 0 saturated carbocycles. The van der Waals surface area contributed by atoms with Crippen LogP contribution in [0.2, 0.25) is 0 Å². The lowest BCUT2D eigenvalue weighted by Crippen LogP contribution is -2.39. The number of rotatable bonds is 4. The number of carbonyl (C=O) groups is 1. The number of hydrogen-bond donors (Lipinski definition) is 1. The predicted octanol–water partition coefficient (Wildman–Crippen LogP) is 2.57. The van der Waals surface area contributed by atoms with Crippen LogP contribution in [0.3, 0.4) is 0 Å². The second-order valence-corrected chi connectivity index (χ2v) is 5.72. The summed E-state index contributed by atoms with van der Waals surface area (Å²) in [5.41, 5.74) is 1.69. The Kier molecular flexibility index (Phi) is 3.82. The molecule has 1 N–H and O–H groups in total. The maximum absolute atomic E-state index is 11.4. The summed E-state index contributed by atoms with van der Waals surface area (Å²) >= 11 is 0. The Bertz CT molecular complexity index is 604. The highest BCUT2D eigenvalue weighted by Crippen LogP contribution is 2.29. The molecule has 0 aliphatic carbocycles. The Hall–Kier alpha value is -2.04. The maximum atomic E-state index is 11.4. The number of carbonyl (C=O) groups excluding carboxylic acids is 1. The molecule has 1 aromatic heterocycles. The van der Waals surface area contributed by atoms with Crippen molar-refractivity contribution < 1.29 is 9.21 Å². The second kappa shape index (κ2) is 5.76. The number of para-hydroxylation sites is 2. The van der Waals surface area contributed by atoms with E-state index >= 15 is 0 Å². The molecule has 0 radical (unpaired) electrons. The van der Waals surface area contributed by atoms with Gasteiger partial charge in [-0.15, -0.1) is 0 Å². The van der Waals surface area contributed by atoms with E-state index in [0.29, 0.717) is 11.9 Å². The van der Waals surface area contributed by atoms with Crippen LogP contribution >= 0.6 is 0 Å². The molecule has 112 valence electrons. The van der Waals surface area contributed by atoms with Gasteiger partial charge in [-0.05, 0) is 24.5 Å². The van der Waals surface area contributed by atoms with Crippen LogP contribution in [0.4, 0.5) is 6.01 Å². The van der Waals surface area contributed by atoms with Crippen molar-refractivity contribution in [3.8, 4) is 0 Å². The second-order valence-electron chi connectivity index (χ2n) is 5.72. The van der Waals surface area contributed by atoms with Crippen LogP contribution < -0.4 is 10.2 Å². The normalized spacial score (nSPS) is 21.9.